The van der Waals surface area contributed by atoms with Crippen LogP contribution in [-0.4, -0.2) is 22.7 Å². The smallest absolute Gasteiger partial charge is 0.254 e. The lowest BCUT2D eigenvalue weighted by atomic mass is 9.97. The van der Waals surface area contributed by atoms with Gasteiger partial charge < -0.3 is 4.90 Å². The van der Waals surface area contributed by atoms with Crippen LogP contribution in [0.4, 0.5) is 0 Å². The second-order valence-electron chi connectivity index (χ2n) is 4.76. The summed E-state index contributed by atoms with van der Waals surface area (Å²) in [5, 5.41) is 1.35. The highest BCUT2D eigenvalue weighted by atomic mass is 79.9. The minimum Gasteiger partial charge on any atom is -0.333 e. The number of alkyl halides is 1. The maximum absolute atomic E-state index is 12.7. The standard InChI is InChI=1S/C16H13BrClNO/c17-7-8-19-10-11-3-1-2-4-13(11)14-6-5-12(18)9-15(14)16(19)20/h1-6,9H,7-8,10H2. The summed E-state index contributed by atoms with van der Waals surface area (Å²) in [6, 6.07) is 13.7. The first-order valence-corrected chi connectivity index (χ1v) is 7.93. The zero-order chi connectivity index (χ0) is 14.1. The highest BCUT2D eigenvalue weighted by molar-refractivity contribution is 9.09. The van der Waals surface area contributed by atoms with Crippen LogP contribution in [0.3, 0.4) is 0 Å². The molecule has 0 aromatic heterocycles. The van der Waals surface area contributed by atoms with Gasteiger partial charge in [0.05, 0.1) is 0 Å². The van der Waals surface area contributed by atoms with E-state index in [1.807, 2.05) is 29.2 Å². The fourth-order valence-electron chi connectivity index (χ4n) is 2.58. The monoisotopic (exact) mass is 349 g/mol. The van der Waals surface area contributed by atoms with E-state index in [1.165, 1.54) is 5.56 Å². The Balaban J connectivity index is 2.23. The Morgan fingerprint density at radius 3 is 2.70 bits per heavy atom. The molecule has 2 aromatic carbocycles. The average Bonchev–Trinajstić information content (AvgIpc) is 2.57. The van der Waals surface area contributed by atoms with Crippen molar-refractivity contribution < 1.29 is 4.79 Å². The maximum Gasteiger partial charge on any atom is 0.254 e. The molecule has 0 spiro atoms. The van der Waals surface area contributed by atoms with Gasteiger partial charge in [0.1, 0.15) is 0 Å². The molecule has 0 fully saturated rings. The largest absolute Gasteiger partial charge is 0.333 e. The van der Waals surface area contributed by atoms with E-state index in [0.717, 1.165) is 16.5 Å². The number of carbonyl (C=O) groups excluding carboxylic acids is 1. The van der Waals surface area contributed by atoms with Gasteiger partial charge in [-0.3, -0.25) is 4.79 Å². The summed E-state index contributed by atoms with van der Waals surface area (Å²) >= 11 is 9.48. The number of amides is 1. The van der Waals surface area contributed by atoms with Crippen molar-refractivity contribution >= 4 is 33.4 Å². The van der Waals surface area contributed by atoms with Crippen molar-refractivity contribution in [3.63, 3.8) is 0 Å². The summed E-state index contributed by atoms with van der Waals surface area (Å²) in [4.78, 5) is 14.6. The quantitative estimate of drug-likeness (QED) is 0.737. The van der Waals surface area contributed by atoms with E-state index in [4.69, 9.17) is 11.6 Å². The lowest BCUT2D eigenvalue weighted by molar-refractivity contribution is 0.0758. The molecule has 4 heteroatoms. The predicted octanol–water partition coefficient (Wildman–Crippen LogP) is 4.36. The number of carbonyl (C=O) groups is 1. The molecule has 0 saturated heterocycles. The molecule has 102 valence electrons. The number of hydrogen-bond acceptors (Lipinski definition) is 1. The van der Waals surface area contributed by atoms with Crippen molar-refractivity contribution in [3.8, 4) is 11.1 Å². The Bertz CT molecular complexity index is 671. The van der Waals surface area contributed by atoms with Crippen LogP contribution in [0.1, 0.15) is 15.9 Å². The van der Waals surface area contributed by atoms with Crippen LogP contribution in [0.5, 0.6) is 0 Å². The highest BCUT2D eigenvalue weighted by Crippen LogP contribution is 2.33. The van der Waals surface area contributed by atoms with Crippen LogP contribution in [-0.2, 0) is 6.54 Å². The Morgan fingerprint density at radius 1 is 1.10 bits per heavy atom. The van der Waals surface area contributed by atoms with E-state index >= 15 is 0 Å². The molecule has 2 aromatic rings. The summed E-state index contributed by atoms with van der Waals surface area (Å²) in [7, 11) is 0. The SMILES string of the molecule is O=C1c2cc(Cl)ccc2-c2ccccc2CN1CCBr. The third kappa shape index (κ3) is 2.36. The van der Waals surface area contributed by atoms with Crippen molar-refractivity contribution in [1.29, 1.82) is 0 Å². The minimum atomic E-state index is 0.0400. The molecular formula is C16H13BrClNO. The normalized spacial score (nSPS) is 13.7. The van der Waals surface area contributed by atoms with Gasteiger partial charge in [-0.25, -0.2) is 0 Å². The molecule has 0 bridgehead atoms. The molecule has 2 nitrogen and oxygen atoms in total. The zero-order valence-corrected chi connectivity index (χ0v) is 13.1. The third-order valence-corrected chi connectivity index (χ3v) is 4.11. The van der Waals surface area contributed by atoms with Gasteiger partial charge >= 0.3 is 0 Å². The van der Waals surface area contributed by atoms with Gasteiger partial charge in [-0.2, -0.15) is 0 Å². The van der Waals surface area contributed by atoms with Crippen molar-refractivity contribution in [2.24, 2.45) is 0 Å². The van der Waals surface area contributed by atoms with Gasteiger partial charge in [0.25, 0.3) is 5.91 Å². The van der Waals surface area contributed by atoms with Gasteiger partial charge in [0, 0.05) is 29.0 Å². The summed E-state index contributed by atoms with van der Waals surface area (Å²) in [6.07, 6.45) is 0. The molecule has 0 atom stereocenters. The van der Waals surface area contributed by atoms with Gasteiger partial charge in [0.2, 0.25) is 0 Å². The maximum atomic E-state index is 12.7. The first-order valence-electron chi connectivity index (χ1n) is 6.44. The summed E-state index contributed by atoms with van der Waals surface area (Å²) in [5.41, 5.74) is 3.93. The van der Waals surface area contributed by atoms with E-state index in [1.54, 1.807) is 6.07 Å². The van der Waals surface area contributed by atoms with Crippen LogP contribution >= 0.6 is 27.5 Å². The van der Waals surface area contributed by atoms with E-state index < -0.39 is 0 Å². The lowest BCUT2D eigenvalue weighted by Crippen LogP contribution is -2.31. The Morgan fingerprint density at radius 2 is 1.90 bits per heavy atom. The molecular weight excluding hydrogens is 338 g/mol. The lowest BCUT2D eigenvalue weighted by Gasteiger charge is -2.20. The first-order chi connectivity index (χ1) is 9.70. The fourth-order valence-corrected chi connectivity index (χ4v) is 3.18. The van der Waals surface area contributed by atoms with Crippen LogP contribution in [0.15, 0.2) is 42.5 Å². The van der Waals surface area contributed by atoms with Crippen molar-refractivity contribution in [2.75, 3.05) is 11.9 Å². The molecule has 1 heterocycles. The molecule has 0 aliphatic carbocycles. The van der Waals surface area contributed by atoms with Crippen LogP contribution < -0.4 is 0 Å². The van der Waals surface area contributed by atoms with Gasteiger partial charge in [-0.1, -0.05) is 57.9 Å². The summed E-state index contributed by atoms with van der Waals surface area (Å²) < 4.78 is 0. The second kappa shape index (κ2) is 5.58. The number of benzene rings is 2. The van der Waals surface area contributed by atoms with E-state index in [-0.39, 0.29) is 5.91 Å². The zero-order valence-electron chi connectivity index (χ0n) is 10.8. The molecule has 0 N–H and O–H groups in total. The van der Waals surface area contributed by atoms with E-state index in [0.29, 0.717) is 23.7 Å². The second-order valence-corrected chi connectivity index (χ2v) is 5.99. The average molecular weight is 351 g/mol. The molecule has 1 aliphatic heterocycles. The first kappa shape index (κ1) is 13.7. The highest BCUT2D eigenvalue weighted by Gasteiger charge is 2.25. The number of fused-ring (bicyclic) bond motifs is 3. The Hall–Kier alpha value is -1.32. The van der Waals surface area contributed by atoms with E-state index in [2.05, 4.69) is 28.1 Å². The fraction of sp³-hybridized carbons (Fsp3) is 0.188. The minimum absolute atomic E-state index is 0.0400. The topological polar surface area (TPSA) is 20.3 Å². The molecule has 1 aliphatic rings. The molecule has 1 amide bonds. The Kier molecular flexibility index (Phi) is 3.81. The number of hydrogen-bond donors (Lipinski definition) is 0. The van der Waals surface area contributed by atoms with Crippen molar-refractivity contribution in [1.82, 2.24) is 4.90 Å². The number of halogens is 2. The van der Waals surface area contributed by atoms with Gasteiger partial charge in [0.15, 0.2) is 0 Å². The summed E-state index contributed by atoms with van der Waals surface area (Å²) in [5.74, 6) is 0.0400. The van der Waals surface area contributed by atoms with Gasteiger partial charge in [-0.05, 0) is 28.8 Å². The number of rotatable bonds is 2. The van der Waals surface area contributed by atoms with Crippen molar-refractivity contribution in [2.45, 2.75) is 6.54 Å². The molecule has 3 rings (SSSR count). The van der Waals surface area contributed by atoms with Crippen LogP contribution in [0, 0.1) is 0 Å². The van der Waals surface area contributed by atoms with Crippen LogP contribution in [0.25, 0.3) is 11.1 Å². The molecule has 20 heavy (non-hydrogen) atoms. The molecule has 0 saturated carbocycles. The third-order valence-electron chi connectivity index (χ3n) is 3.52. The van der Waals surface area contributed by atoms with Crippen LogP contribution in [0.2, 0.25) is 5.02 Å². The number of nitrogens with zero attached hydrogens (tertiary/aromatic N) is 1. The van der Waals surface area contributed by atoms with Gasteiger partial charge in [-0.15, -0.1) is 0 Å². The molecule has 0 radical (unpaired) electrons. The predicted molar refractivity (Wildman–Crippen MR) is 85.4 cm³/mol. The Labute approximate surface area is 131 Å². The summed E-state index contributed by atoms with van der Waals surface area (Å²) in [6.45, 7) is 1.31. The van der Waals surface area contributed by atoms with E-state index in [9.17, 15) is 4.79 Å². The molecule has 0 unspecified atom stereocenters. The van der Waals surface area contributed by atoms with Crippen molar-refractivity contribution in [3.05, 3.63) is 58.6 Å².